The lowest BCUT2D eigenvalue weighted by Crippen LogP contribution is -2.11. The van der Waals surface area contributed by atoms with E-state index in [0.29, 0.717) is 0 Å². The summed E-state index contributed by atoms with van der Waals surface area (Å²) in [5.74, 6) is 0. The fourth-order valence-electron chi connectivity index (χ4n) is 7.10. The van der Waals surface area contributed by atoms with Crippen LogP contribution in [0.1, 0.15) is 0 Å². The number of hydrogen-bond acceptors (Lipinski definition) is 1. The normalized spacial score (nSPS) is 11.4. The van der Waals surface area contributed by atoms with Crippen LogP contribution in [0.25, 0.3) is 65.3 Å². The van der Waals surface area contributed by atoms with Crippen molar-refractivity contribution in [3.8, 4) is 22.3 Å². The molecule has 0 saturated heterocycles. The third kappa shape index (κ3) is 4.81. The first-order valence-corrected chi connectivity index (χ1v) is 16.2. The maximum Gasteiger partial charge on any atom is 0.0546 e. The van der Waals surface area contributed by atoms with Crippen LogP contribution in [-0.4, -0.2) is 0 Å². The summed E-state index contributed by atoms with van der Waals surface area (Å²) in [5, 5.41) is 10.1. The van der Waals surface area contributed by atoms with E-state index in [9.17, 15) is 0 Å². The minimum atomic E-state index is 1.12. The molecule has 0 aliphatic heterocycles. The predicted octanol–water partition coefficient (Wildman–Crippen LogP) is 13.1. The zero-order chi connectivity index (χ0) is 31.2. The van der Waals surface area contributed by atoms with Gasteiger partial charge in [-0.1, -0.05) is 152 Å². The van der Waals surface area contributed by atoms with E-state index in [2.05, 4.69) is 193 Å². The Morgan fingerprint density at radius 1 is 0.277 bits per heavy atom. The van der Waals surface area contributed by atoms with Crippen molar-refractivity contribution in [1.29, 1.82) is 0 Å². The molecule has 0 fully saturated rings. The highest BCUT2D eigenvalue weighted by Gasteiger charge is 2.19. The molecule has 0 aliphatic carbocycles. The van der Waals surface area contributed by atoms with Crippen molar-refractivity contribution < 1.29 is 0 Å². The fraction of sp³-hybridized carbons (Fsp3) is 0. The maximum absolute atomic E-state index is 2.42. The average molecular weight is 598 g/mol. The number of nitrogens with zero attached hydrogens (tertiary/aromatic N) is 1. The van der Waals surface area contributed by atoms with Crippen molar-refractivity contribution in [2.75, 3.05) is 4.90 Å². The second-order valence-corrected chi connectivity index (χ2v) is 12.2. The molecule has 0 aromatic heterocycles. The lowest BCUT2D eigenvalue weighted by atomic mass is 9.94. The first-order chi connectivity index (χ1) is 23.3. The van der Waals surface area contributed by atoms with E-state index < -0.39 is 0 Å². The van der Waals surface area contributed by atoms with Gasteiger partial charge in [-0.3, -0.25) is 0 Å². The molecule has 0 atom stereocenters. The van der Waals surface area contributed by atoms with Crippen molar-refractivity contribution in [3.63, 3.8) is 0 Å². The van der Waals surface area contributed by atoms with E-state index in [1.54, 1.807) is 0 Å². The molecule has 1 heteroatoms. The van der Waals surface area contributed by atoms with Crippen LogP contribution >= 0.6 is 0 Å². The average Bonchev–Trinajstić information content (AvgIpc) is 3.15. The van der Waals surface area contributed by atoms with Gasteiger partial charge in [-0.15, -0.1) is 0 Å². The van der Waals surface area contributed by atoms with Gasteiger partial charge in [0.2, 0.25) is 0 Å². The van der Waals surface area contributed by atoms with Gasteiger partial charge in [-0.2, -0.15) is 0 Å². The van der Waals surface area contributed by atoms with Gasteiger partial charge in [0.25, 0.3) is 0 Å². The largest absolute Gasteiger partial charge is 0.310 e. The first-order valence-electron chi connectivity index (χ1n) is 16.2. The molecule has 1 nitrogen and oxygen atoms in total. The summed E-state index contributed by atoms with van der Waals surface area (Å²) in [4.78, 5) is 2.42. The van der Waals surface area contributed by atoms with E-state index in [1.165, 1.54) is 65.3 Å². The zero-order valence-corrected chi connectivity index (χ0v) is 25.8. The molecule has 0 radical (unpaired) electrons. The molecular weight excluding hydrogens is 567 g/mol. The van der Waals surface area contributed by atoms with Crippen molar-refractivity contribution >= 4 is 60.2 Å². The van der Waals surface area contributed by atoms with E-state index in [4.69, 9.17) is 0 Å². The van der Waals surface area contributed by atoms with Gasteiger partial charge in [0.1, 0.15) is 0 Å². The summed E-state index contributed by atoms with van der Waals surface area (Å²) >= 11 is 0. The van der Waals surface area contributed by atoms with Gasteiger partial charge in [0.15, 0.2) is 0 Å². The monoisotopic (exact) mass is 597 g/mol. The van der Waals surface area contributed by atoms with Gasteiger partial charge in [-0.25, -0.2) is 0 Å². The van der Waals surface area contributed by atoms with Crippen LogP contribution in [0.5, 0.6) is 0 Å². The Kier molecular flexibility index (Phi) is 6.54. The molecule has 220 valence electrons. The summed E-state index contributed by atoms with van der Waals surface area (Å²) < 4.78 is 0. The molecule has 9 aromatic carbocycles. The van der Waals surface area contributed by atoms with E-state index in [1.807, 2.05) is 0 Å². The molecule has 0 spiro atoms. The smallest absolute Gasteiger partial charge is 0.0546 e. The predicted molar refractivity (Wildman–Crippen MR) is 202 cm³/mol. The highest BCUT2D eigenvalue weighted by molar-refractivity contribution is 6.23. The van der Waals surface area contributed by atoms with Crippen molar-refractivity contribution in [3.05, 3.63) is 188 Å². The van der Waals surface area contributed by atoms with E-state index >= 15 is 0 Å². The lowest BCUT2D eigenvalue weighted by molar-refractivity contribution is 1.30. The highest BCUT2D eigenvalue weighted by Crippen LogP contribution is 2.44. The minimum absolute atomic E-state index is 1.12. The molecule has 0 heterocycles. The van der Waals surface area contributed by atoms with Gasteiger partial charge in [-0.05, 0) is 96.4 Å². The fourth-order valence-corrected chi connectivity index (χ4v) is 7.10. The van der Waals surface area contributed by atoms with Crippen LogP contribution in [0.4, 0.5) is 17.1 Å². The van der Waals surface area contributed by atoms with Crippen molar-refractivity contribution in [1.82, 2.24) is 0 Å². The Morgan fingerprint density at radius 3 is 1.68 bits per heavy atom. The minimum Gasteiger partial charge on any atom is -0.310 e. The van der Waals surface area contributed by atoms with E-state index in [0.717, 1.165) is 17.1 Å². The summed E-state index contributed by atoms with van der Waals surface area (Å²) in [6, 6.07) is 68.3. The van der Waals surface area contributed by atoms with Gasteiger partial charge >= 0.3 is 0 Å². The molecule has 47 heavy (non-hydrogen) atoms. The standard InChI is InChI=1S/C46H31N/c1-2-11-32(12-3-1)37-16-10-17-41(30-37)47(40-27-25-34(26-28-40)38-23-21-33-13-4-5-15-36(33)29-38)45-31-39-24-22-35-14-6-7-18-42(35)46(39)44-20-9-8-19-43(44)45/h1-31H. The molecule has 0 aliphatic rings. The summed E-state index contributed by atoms with van der Waals surface area (Å²) in [5.41, 5.74) is 8.21. The van der Waals surface area contributed by atoms with Crippen molar-refractivity contribution in [2.24, 2.45) is 0 Å². The number of hydrogen-bond donors (Lipinski definition) is 0. The molecule has 9 rings (SSSR count). The van der Waals surface area contributed by atoms with Gasteiger partial charge in [0.05, 0.1) is 5.69 Å². The summed E-state index contributed by atoms with van der Waals surface area (Å²) in [7, 11) is 0. The highest BCUT2D eigenvalue weighted by atomic mass is 15.1. The van der Waals surface area contributed by atoms with Crippen LogP contribution in [0.15, 0.2) is 188 Å². The van der Waals surface area contributed by atoms with Crippen LogP contribution in [0.2, 0.25) is 0 Å². The molecule has 0 bridgehead atoms. The maximum atomic E-state index is 2.42. The topological polar surface area (TPSA) is 3.24 Å². The SMILES string of the molecule is c1ccc(-c2cccc(N(c3ccc(-c4ccc5ccccc5c4)cc3)c3cc4ccc5ccccc5c4c4ccccc34)c2)cc1. The third-order valence-corrected chi connectivity index (χ3v) is 9.39. The Labute approximate surface area is 274 Å². The van der Waals surface area contributed by atoms with Crippen LogP contribution in [0, 0.1) is 0 Å². The molecule has 9 aromatic rings. The number of anilines is 3. The zero-order valence-electron chi connectivity index (χ0n) is 25.8. The van der Waals surface area contributed by atoms with Gasteiger partial charge in [0, 0.05) is 16.8 Å². The Morgan fingerprint density at radius 2 is 0.851 bits per heavy atom. The number of rotatable bonds is 5. The third-order valence-electron chi connectivity index (χ3n) is 9.39. The molecule has 0 unspecified atom stereocenters. The lowest BCUT2D eigenvalue weighted by Gasteiger charge is -2.28. The van der Waals surface area contributed by atoms with Crippen molar-refractivity contribution in [2.45, 2.75) is 0 Å². The Balaban J connectivity index is 1.26. The second kappa shape index (κ2) is 11.3. The number of fused-ring (bicyclic) bond motifs is 6. The van der Waals surface area contributed by atoms with Crippen LogP contribution < -0.4 is 4.90 Å². The molecule has 0 amide bonds. The summed E-state index contributed by atoms with van der Waals surface area (Å²) in [6.07, 6.45) is 0. The van der Waals surface area contributed by atoms with Crippen LogP contribution in [0.3, 0.4) is 0 Å². The van der Waals surface area contributed by atoms with Gasteiger partial charge < -0.3 is 4.90 Å². The molecule has 0 N–H and O–H groups in total. The quantitative estimate of drug-likeness (QED) is 0.178. The van der Waals surface area contributed by atoms with Crippen LogP contribution in [-0.2, 0) is 0 Å². The summed E-state index contributed by atoms with van der Waals surface area (Å²) in [6.45, 7) is 0. The first kappa shape index (κ1) is 27.2. The Hall–Kier alpha value is -6.18. The molecule has 0 saturated carbocycles. The number of benzene rings is 9. The van der Waals surface area contributed by atoms with E-state index in [-0.39, 0.29) is 0 Å². The Bertz CT molecular complexity index is 2560. The molecular formula is C46H31N. The second-order valence-electron chi connectivity index (χ2n) is 12.2.